The van der Waals surface area contributed by atoms with E-state index in [4.69, 9.17) is 0 Å². The third-order valence-corrected chi connectivity index (χ3v) is 3.48. The van der Waals surface area contributed by atoms with Gasteiger partial charge in [-0.15, -0.1) is 11.3 Å². The second-order valence-electron chi connectivity index (χ2n) is 4.16. The van der Waals surface area contributed by atoms with Crippen molar-refractivity contribution in [3.05, 3.63) is 22.4 Å². The molecule has 1 aromatic heterocycles. The summed E-state index contributed by atoms with van der Waals surface area (Å²) in [6.45, 7) is 1.34. The third kappa shape index (κ3) is 4.79. The molecule has 0 aliphatic carbocycles. The predicted molar refractivity (Wildman–Crippen MR) is 70.3 cm³/mol. The van der Waals surface area contributed by atoms with Crippen molar-refractivity contribution < 1.29 is 14.4 Å². The van der Waals surface area contributed by atoms with Crippen LogP contribution >= 0.6 is 11.3 Å². The molecule has 0 N–H and O–H groups in total. The molecule has 98 valence electrons. The Kier molecular flexibility index (Phi) is 5.71. The van der Waals surface area contributed by atoms with Crippen molar-refractivity contribution >= 4 is 28.9 Å². The van der Waals surface area contributed by atoms with E-state index in [0.717, 1.165) is 17.7 Å². The van der Waals surface area contributed by atoms with Gasteiger partial charge in [0.1, 0.15) is 5.78 Å². The summed E-state index contributed by atoms with van der Waals surface area (Å²) < 4.78 is 0. The molecular weight excluding hydrogens is 250 g/mol. The molecule has 18 heavy (non-hydrogen) atoms. The average Bonchev–Trinajstić information content (AvgIpc) is 2.79. The van der Waals surface area contributed by atoms with Crippen molar-refractivity contribution in [3.8, 4) is 0 Å². The lowest BCUT2D eigenvalue weighted by molar-refractivity contribution is -0.144. The van der Waals surface area contributed by atoms with Gasteiger partial charge in [-0.05, 0) is 31.2 Å². The molecule has 1 heterocycles. The maximum absolute atomic E-state index is 11.7. The summed E-state index contributed by atoms with van der Waals surface area (Å²) in [7, 11) is 1.43. The molecule has 1 rings (SSSR count). The van der Waals surface area contributed by atoms with E-state index in [-0.39, 0.29) is 18.1 Å². The summed E-state index contributed by atoms with van der Waals surface area (Å²) in [4.78, 5) is 36.2. The number of Topliss-reactive ketones (excluding diaryl/α,β-unsaturated/α-hetero) is 1. The van der Waals surface area contributed by atoms with Crippen LogP contribution in [0.2, 0.25) is 0 Å². The van der Waals surface area contributed by atoms with E-state index < -0.39 is 5.91 Å². The van der Waals surface area contributed by atoms with E-state index >= 15 is 0 Å². The number of ketones is 1. The molecule has 0 aliphatic heterocycles. The second-order valence-corrected chi connectivity index (χ2v) is 5.19. The highest BCUT2D eigenvalue weighted by Gasteiger charge is 2.17. The first-order chi connectivity index (χ1) is 8.50. The van der Waals surface area contributed by atoms with Crippen LogP contribution in [0.15, 0.2) is 17.5 Å². The number of hydrogen-bond acceptors (Lipinski definition) is 4. The van der Waals surface area contributed by atoms with Crippen molar-refractivity contribution in [2.75, 3.05) is 7.05 Å². The molecule has 5 heteroatoms. The summed E-state index contributed by atoms with van der Waals surface area (Å²) in [5.74, 6) is -0.875. The molecule has 0 saturated carbocycles. The Balaban J connectivity index is 2.31. The van der Waals surface area contributed by atoms with Crippen molar-refractivity contribution in [2.45, 2.75) is 32.6 Å². The summed E-state index contributed by atoms with van der Waals surface area (Å²) in [6, 6.07) is 4.00. The van der Waals surface area contributed by atoms with E-state index in [2.05, 4.69) is 0 Å². The monoisotopic (exact) mass is 267 g/mol. The number of carbonyl (C=O) groups is 3. The fourth-order valence-corrected chi connectivity index (χ4v) is 2.26. The van der Waals surface area contributed by atoms with Gasteiger partial charge in [-0.25, -0.2) is 0 Å². The molecule has 0 fully saturated rings. The maximum atomic E-state index is 11.7. The lowest BCUT2D eigenvalue weighted by atomic mass is 10.2. The number of amides is 2. The molecule has 0 unspecified atom stereocenters. The van der Waals surface area contributed by atoms with Gasteiger partial charge in [0.15, 0.2) is 0 Å². The van der Waals surface area contributed by atoms with Gasteiger partial charge in [0, 0.05) is 18.3 Å². The van der Waals surface area contributed by atoms with Crippen LogP contribution in [0.4, 0.5) is 0 Å². The first kappa shape index (κ1) is 14.6. The first-order valence-corrected chi connectivity index (χ1v) is 6.70. The van der Waals surface area contributed by atoms with Gasteiger partial charge in [0.25, 0.3) is 0 Å². The van der Waals surface area contributed by atoms with Crippen molar-refractivity contribution in [1.82, 2.24) is 4.90 Å². The Bertz CT molecular complexity index is 425. The highest BCUT2D eigenvalue weighted by atomic mass is 32.1. The van der Waals surface area contributed by atoms with Crippen LogP contribution in [-0.2, 0) is 20.8 Å². The SMILES string of the molecule is CC(=O)CC(=O)N(C)C(=O)CCCc1cccs1. The number of carbonyl (C=O) groups excluding carboxylic acids is 3. The largest absolute Gasteiger partial charge is 0.299 e. The number of thiophene rings is 1. The second kappa shape index (κ2) is 7.06. The van der Waals surface area contributed by atoms with Gasteiger partial charge in [-0.2, -0.15) is 0 Å². The average molecular weight is 267 g/mol. The molecule has 0 radical (unpaired) electrons. The number of aryl methyl sites for hydroxylation is 1. The Morgan fingerprint density at radius 2 is 2.00 bits per heavy atom. The van der Waals surface area contributed by atoms with Crippen LogP contribution < -0.4 is 0 Å². The van der Waals surface area contributed by atoms with Gasteiger partial charge >= 0.3 is 0 Å². The maximum Gasteiger partial charge on any atom is 0.236 e. The van der Waals surface area contributed by atoms with Gasteiger partial charge in [-0.3, -0.25) is 19.3 Å². The summed E-state index contributed by atoms with van der Waals surface area (Å²) in [5, 5.41) is 2.00. The van der Waals surface area contributed by atoms with E-state index in [1.54, 1.807) is 11.3 Å². The Labute approximate surface area is 111 Å². The molecule has 4 nitrogen and oxygen atoms in total. The summed E-state index contributed by atoms with van der Waals surface area (Å²) in [5.41, 5.74) is 0. The zero-order valence-electron chi connectivity index (χ0n) is 10.6. The number of hydrogen-bond donors (Lipinski definition) is 0. The standard InChI is InChI=1S/C13H17NO3S/c1-10(15)9-13(17)14(2)12(16)7-3-5-11-6-4-8-18-11/h4,6,8H,3,5,7,9H2,1-2H3. The lowest BCUT2D eigenvalue weighted by Gasteiger charge is -2.14. The number of rotatable bonds is 6. The molecule has 1 aromatic rings. The van der Waals surface area contributed by atoms with E-state index in [0.29, 0.717) is 6.42 Å². The Morgan fingerprint density at radius 3 is 2.56 bits per heavy atom. The van der Waals surface area contributed by atoms with E-state index in [1.165, 1.54) is 18.8 Å². The normalized spacial score (nSPS) is 10.1. The van der Waals surface area contributed by atoms with Gasteiger partial charge in [0.05, 0.1) is 6.42 Å². The minimum Gasteiger partial charge on any atom is -0.299 e. The minimum atomic E-state index is -0.427. The highest BCUT2D eigenvalue weighted by molar-refractivity contribution is 7.09. The quantitative estimate of drug-likeness (QED) is 0.741. The van der Waals surface area contributed by atoms with Crippen molar-refractivity contribution in [2.24, 2.45) is 0 Å². The molecule has 2 amide bonds. The van der Waals surface area contributed by atoms with Crippen LogP contribution in [0.1, 0.15) is 31.1 Å². The van der Waals surface area contributed by atoms with Crippen LogP contribution in [0.25, 0.3) is 0 Å². The van der Waals surface area contributed by atoms with Crippen LogP contribution in [0.3, 0.4) is 0 Å². The zero-order valence-corrected chi connectivity index (χ0v) is 11.5. The molecule has 0 bridgehead atoms. The molecule has 0 atom stereocenters. The van der Waals surface area contributed by atoms with Gasteiger partial charge < -0.3 is 0 Å². The minimum absolute atomic E-state index is 0.201. The smallest absolute Gasteiger partial charge is 0.236 e. The lowest BCUT2D eigenvalue weighted by Crippen LogP contribution is -2.33. The van der Waals surface area contributed by atoms with Gasteiger partial charge in [-0.1, -0.05) is 6.07 Å². The Hall–Kier alpha value is -1.49. The molecule has 0 aromatic carbocycles. The first-order valence-electron chi connectivity index (χ1n) is 5.82. The van der Waals surface area contributed by atoms with Crippen molar-refractivity contribution in [3.63, 3.8) is 0 Å². The Morgan fingerprint density at radius 1 is 1.28 bits per heavy atom. The molecule has 0 spiro atoms. The van der Waals surface area contributed by atoms with Gasteiger partial charge in [0.2, 0.25) is 11.8 Å². The van der Waals surface area contributed by atoms with E-state index in [9.17, 15) is 14.4 Å². The molecule has 0 aliphatic rings. The number of imide groups is 1. The predicted octanol–water partition coefficient (Wildman–Crippen LogP) is 2.03. The fourth-order valence-electron chi connectivity index (χ4n) is 1.51. The fraction of sp³-hybridized carbons (Fsp3) is 0.462. The summed E-state index contributed by atoms with van der Waals surface area (Å²) >= 11 is 1.66. The van der Waals surface area contributed by atoms with Crippen LogP contribution in [0, 0.1) is 0 Å². The summed E-state index contributed by atoms with van der Waals surface area (Å²) in [6.07, 6.45) is 1.69. The highest BCUT2D eigenvalue weighted by Crippen LogP contribution is 2.12. The number of nitrogens with zero attached hydrogens (tertiary/aromatic N) is 1. The third-order valence-electron chi connectivity index (χ3n) is 2.54. The van der Waals surface area contributed by atoms with E-state index in [1.807, 2.05) is 17.5 Å². The topological polar surface area (TPSA) is 54.5 Å². The molecular formula is C13H17NO3S. The van der Waals surface area contributed by atoms with Crippen LogP contribution in [-0.4, -0.2) is 29.5 Å². The zero-order chi connectivity index (χ0) is 13.5. The van der Waals surface area contributed by atoms with Crippen molar-refractivity contribution in [1.29, 1.82) is 0 Å². The van der Waals surface area contributed by atoms with Crippen LogP contribution in [0.5, 0.6) is 0 Å². The molecule has 0 saturated heterocycles.